The lowest BCUT2D eigenvalue weighted by Gasteiger charge is -2.06. The summed E-state index contributed by atoms with van der Waals surface area (Å²) in [6, 6.07) is 28.3. The van der Waals surface area contributed by atoms with Crippen molar-refractivity contribution in [1.29, 1.82) is 0 Å². The molecule has 0 fully saturated rings. The SMILES string of the molecule is CC(=O)/C=C/c1ccccc1.COc1ccccc1CC/C=C/c1ccccc1.NC=O. The number of nitrogens with two attached hydrogens (primary N) is 1. The number of allylic oxidation sites excluding steroid dienone is 2. The number of aryl methyl sites for hydroxylation is 1. The molecule has 3 aromatic carbocycles. The van der Waals surface area contributed by atoms with Crippen molar-refractivity contribution in [3.8, 4) is 5.75 Å². The highest BCUT2D eigenvalue weighted by Gasteiger charge is 1.99. The first kappa shape index (κ1) is 26.1. The van der Waals surface area contributed by atoms with Gasteiger partial charge in [0.1, 0.15) is 5.75 Å². The monoisotopic (exact) mass is 429 g/mol. The summed E-state index contributed by atoms with van der Waals surface area (Å²) in [6.07, 6.45) is 10.0. The Balaban J connectivity index is 0.000000312. The third-order valence-electron chi connectivity index (χ3n) is 4.19. The van der Waals surface area contributed by atoms with Crippen LogP contribution in [-0.2, 0) is 16.0 Å². The van der Waals surface area contributed by atoms with Crippen molar-refractivity contribution < 1.29 is 14.3 Å². The Morgan fingerprint density at radius 2 is 1.34 bits per heavy atom. The number of methoxy groups -OCH3 is 1. The van der Waals surface area contributed by atoms with Crippen LogP contribution < -0.4 is 10.5 Å². The quantitative estimate of drug-likeness (QED) is 0.385. The third kappa shape index (κ3) is 11.9. The predicted octanol–water partition coefficient (Wildman–Crippen LogP) is 5.73. The molecule has 0 bridgehead atoms. The standard InChI is InChI=1S/C17H18O.C10H10O.CH3NO/c1-18-17-14-8-7-13-16(17)12-6-5-11-15-9-3-2-4-10-15;1-9(11)7-8-10-5-3-2-4-6-10;2-1-3/h2-5,7-11,13-14H,6,12H2,1H3;2-8H,1H3;1H,(H2,2,3)/b11-5+;8-7+;. The molecule has 0 saturated carbocycles. The molecule has 0 unspecified atom stereocenters. The molecule has 0 aromatic heterocycles. The molecule has 32 heavy (non-hydrogen) atoms. The van der Waals surface area contributed by atoms with Crippen LogP contribution in [0.3, 0.4) is 0 Å². The van der Waals surface area contributed by atoms with Gasteiger partial charge >= 0.3 is 0 Å². The smallest absolute Gasteiger partial charge is 0.204 e. The summed E-state index contributed by atoms with van der Waals surface area (Å²) >= 11 is 0. The molecule has 166 valence electrons. The predicted molar refractivity (Wildman–Crippen MR) is 133 cm³/mol. The molecular weight excluding hydrogens is 398 g/mol. The summed E-state index contributed by atoms with van der Waals surface area (Å²) in [5, 5.41) is 0. The van der Waals surface area contributed by atoms with Gasteiger partial charge in [-0.15, -0.1) is 0 Å². The zero-order chi connectivity index (χ0) is 23.4. The maximum absolute atomic E-state index is 10.5. The molecule has 0 heterocycles. The minimum Gasteiger partial charge on any atom is -0.496 e. The highest BCUT2D eigenvalue weighted by Crippen LogP contribution is 2.19. The molecule has 0 spiro atoms. The molecule has 0 aliphatic rings. The zero-order valence-electron chi connectivity index (χ0n) is 18.7. The number of para-hydroxylation sites is 1. The summed E-state index contributed by atoms with van der Waals surface area (Å²) in [6.45, 7) is 1.54. The molecular formula is C28H31NO3. The van der Waals surface area contributed by atoms with E-state index in [1.165, 1.54) is 11.1 Å². The van der Waals surface area contributed by atoms with E-state index in [0.717, 1.165) is 24.2 Å². The van der Waals surface area contributed by atoms with Gasteiger partial charge in [0.2, 0.25) is 6.41 Å². The second-order valence-electron chi connectivity index (χ2n) is 6.65. The molecule has 0 radical (unpaired) electrons. The van der Waals surface area contributed by atoms with Gasteiger partial charge in [-0.25, -0.2) is 0 Å². The first-order chi connectivity index (χ1) is 15.6. The van der Waals surface area contributed by atoms with Crippen LogP contribution >= 0.6 is 0 Å². The zero-order valence-corrected chi connectivity index (χ0v) is 18.7. The van der Waals surface area contributed by atoms with Gasteiger partial charge in [-0.3, -0.25) is 9.59 Å². The van der Waals surface area contributed by atoms with Crippen LogP contribution in [0.1, 0.15) is 30.0 Å². The van der Waals surface area contributed by atoms with E-state index in [2.05, 4.69) is 54.3 Å². The van der Waals surface area contributed by atoms with Gasteiger partial charge in [0.25, 0.3) is 0 Å². The van der Waals surface area contributed by atoms with Crippen LogP contribution in [0.25, 0.3) is 12.2 Å². The van der Waals surface area contributed by atoms with Crippen molar-refractivity contribution >= 4 is 24.3 Å². The summed E-state index contributed by atoms with van der Waals surface area (Å²) in [4.78, 5) is 19.1. The van der Waals surface area contributed by atoms with E-state index in [1.807, 2.05) is 54.6 Å². The molecule has 0 aliphatic carbocycles. The molecule has 3 aromatic rings. The molecule has 2 N–H and O–H groups in total. The molecule has 0 atom stereocenters. The molecule has 0 aliphatic heterocycles. The minimum absolute atomic E-state index is 0.0776. The maximum atomic E-state index is 10.5. The van der Waals surface area contributed by atoms with Gasteiger partial charge < -0.3 is 10.5 Å². The van der Waals surface area contributed by atoms with E-state index < -0.39 is 0 Å². The van der Waals surface area contributed by atoms with E-state index in [4.69, 9.17) is 9.53 Å². The van der Waals surface area contributed by atoms with Crippen LogP contribution in [0.4, 0.5) is 0 Å². The molecule has 3 rings (SSSR count). The minimum atomic E-state index is 0.0776. The Morgan fingerprint density at radius 3 is 1.88 bits per heavy atom. The number of hydrogen-bond donors (Lipinski definition) is 1. The maximum Gasteiger partial charge on any atom is 0.204 e. The molecule has 4 heteroatoms. The highest BCUT2D eigenvalue weighted by atomic mass is 16.5. The normalized spacial score (nSPS) is 9.94. The number of benzene rings is 3. The van der Waals surface area contributed by atoms with Crippen LogP contribution in [0.15, 0.2) is 97.1 Å². The van der Waals surface area contributed by atoms with Gasteiger partial charge in [0.15, 0.2) is 5.78 Å². The number of primary amides is 1. The lowest BCUT2D eigenvalue weighted by Crippen LogP contribution is -1.90. The number of amides is 1. The van der Waals surface area contributed by atoms with Crippen molar-refractivity contribution in [3.63, 3.8) is 0 Å². The number of hydrogen-bond acceptors (Lipinski definition) is 3. The Hall–Kier alpha value is -3.92. The van der Waals surface area contributed by atoms with Crippen molar-refractivity contribution in [2.75, 3.05) is 7.11 Å². The lowest BCUT2D eigenvalue weighted by molar-refractivity contribution is -0.112. The van der Waals surface area contributed by atoms with Gasteiger partial charge in [0.05, 0.1) is 7.11 Å². The van der Waals surface area contributed by atoms with E-state index >= 15 is 0 Å². The molecule has 1 amide bonds. The Kier molecular flexibility index (Phi) is 13.7. The van der Waals surface area contributed by atoms with Gasteiger partial charge in [0, 0.05) is 0 Å². The fourth-order valence-corrected chi connectivity index (χ4v) is 2.71. The first-order valence-corrected chi connectivity index (χ1v) is 10.3. The topological polar surface area (TPSA) is 69.4 Å². The summed E-state index contributed by atoms with van der Waals surface area (Å²) in [5.41, 5.74) is 7.73. The number of ether oxygens (including phenoxy) is 1. The third-order valence-corrected chi connectivity index (χ3v) is 4.19. The van der Waals surface area contributed by atoms with E-state index in [9.17, 15) is 4.79 Å². The first-order valence-electron chi connectivity index (χ1n) is 10.3. The van der Waals surface area contributed by atoms with Crippen molar-refractivity contribution in [2.45, 2.75) is 19.8 Å². The second kappa shape index (κ2) is 16.8. The van der Waals surface area contributed by atoms with Crippen LogP contribution in [0.2, 0.25) is 0 Å². The average Bonchev–Trinajstić information content (AvgIpc) is 2.83. The highest BCUT2D eigenvalue weighted by molar-refractivity contribution is 5.91. The van der Waals surface area contributed by atoms with E-state index in [1.54, 1.807) is 20.1 Å². The fraction of sp³-hybridized carbons (Fsp3) is 0.143. The largest absolute Gasteiger partial charge is 0.496 e. The summed E-state index contributed by atoms with van der Waals surface area (Å²) < 4.78 is 5.34. The average molecular weight is 430 g/mol. The number of carbonyl (C=O) groups is 2. The Bertz CT molecular complexity index is 964. The second-order valence-corrected chi connectivity index (χ2v) is 6.65. The van der Waals surface area contributed by atoms with Crippen molar-refractivity contribution in [2.24, 2.45) is 5.73 Å². The molecule has 0 saturated heterocycles. The van der Waals surface area contributed by atoms with Crippen LogP contribution in [0, 0.1) is 0 Å². The number of rotatable bonds is 7. The van der Waals surface area contributed by atoms with Crippen molar-refractivity contribution in [3.05, 3.63) is 114 Å². The van der Waals surface area contributed by atoms with Crippen LogP contribution in [-0.4, -0.2) is 19.3 Å². The lowest BCUT2D eigenvalue weighted by atomic mass is 10.1. The van der Waals surface area contributed by atoms with E-state index in [0.29, 0.717) is 0 Å². The van der Waals surface area contributed by atoms with Gasteiger partial charge in [-0.1, -0.05) is 97.1 Å². The summed E-state index contributed by atoms with van der Waals surface area (Å²) in [5.74, 6) is 1.06. The van der Waals surface area contributed by atoms with Gasteiger partial charge in [-0.05, 0) is 48.6 Å². The summed E-state index contributed by atoms with van der Waals surface area (Å²) in [7, 11) is 1.72. The number of ketones is 1. The van der Waals surface area contributed by atoms with Crippen molar-refractivity contribution in [1.82, 2.24) is 0 Å². The Labute approximate surface area is 191 Å². The fourth-order valence-electron chi connectivity index (χ4n) is 2.71. The number of carbonyl (C=O) groups excluding carboxylic acids is 2. The van der Waals surface area contributed by atoms with Gasteiger partial charge in [-0.2, -0.15) is 0 Å². The van der Waals surface area contributed by atoms with Crippen LogP contribution in [0.5, 0.6) is 5.75 Å². The Morgan fingerprint density at radius 1 is 0.844 bits per heavy atom. The van der Waals surface area contributed by atoms with E-state index in [-0.39, 0.29) is 12.2 Å². The molecule has 4 nitrogen and oxygen atoms in total.